The number of rotatable bonds is 6. The maximum atomic E-state index is 10.5. The number of unbranched alkanes of at least 4 members (excludes halogenated alkanes) is 1. The van der Waals surface area contributed by atoms with E-state index >= 15 is 0 Å². The molecular weight excluding hydrogens is 244 g/mol. The Morgan fingerprint density at radius 1 is 1.58 bits per heavy atom. The number of nitro groups is 1. The van der Waals surface area contributed by atoms with Crippen LogP contribution in [0.4, 0.5) is 11.5 Å². The van der Waals surface area contributed by atoms with Crippen molar-refractivity contribution in [2.75, 3.05) is 25.0 Å². The molecule has 6 nitrogen and oxygen atoms in total. The smallest absolute Gasteiger partial charge is 0.287 e. The summed E-state index contributed by atoms with van der Waals surface area (Å²) >= 11 is 0. The van der Waals surface area contributed by atoms with Crippen LogP contribution in [0.15, 0.2) is 18.3 Å². The monoisotopic (exact) mass is 264 g/mol. The second kappa shape index (κ2) is 6.47. The molecule has 1 N–H and O–H groups in total. The molecule has 2 rings (SSSR count). The van der Waals surface area contributed by atoms with E-state index in [0.29, 0.717) is 11.9 Å². The molecule has 1 aliphatic heterocycles. The molecule has 1 aromatic rings. The van der Waals surface area contributed by atoms with Gasteiger partial charge in [0.05, 0.1) is 4.92 Å². The van der Waals surface area contributed by atoms with Crippen molar-refractivity contribution in [3.63, 3.8) is 0 Å². The SMILES string of the molecule is CCCCN1CCC(Nc2ccc([N+](=O)[O-])cn2)C1. The molecular formula is C13H20N4O2. The molecule has 19 heavy (non-hydrogen) atoms. The molecule has 0 amide bonds. The van der Waals surface area contributed by atoms with Gasteiger partial charge in [0.25, 0.3) is 5.69 Å². The van der Waals surface area contributed by atoms with Gasteiger partial charge in [-0.1, -0.05) is 13.3 Å². The zero-order chi connectivity index (χ0) is 13.7. The third-order valence-electron chi connectivity index (χ3n) is 3.41. The summed E-state index contributed by atoms with van der Waals surface area (Å²) in [7, 11) is 0. The number of nitrogens with one attached hydrogen (secondary N) is 1. The highest BCUT2D eigenvalue weighted by atomic mass is 16.6. The van der Waals surface area contributed by atoms with Crippen LogP contribution in [-0.2, 0) is 0 Å². The van der Waals surface area contributed by atoms with Gasteiger partial charge >= 0.3 is 0 Å². The average molecular weight is 264 g/mol. The van der Waals surface area contributed by atoms with Crippen LogP contribution in [-0.4, -0.2) is 40.5 Å². The fourth-order valence-electron chi connectivity index (χ4n) is 2.32. The Morgan fingerprint density at radius 3 is 3.05 bits per heavy atom. The summed E-state index contributed by atoms with van der Waals surface area (Å²) in [5, 5.41) is 13.9. The number of likely N-dealkylation sites (tertiary alicyclic amines) is 1. The Bertz CT molecular complexity index is 421. The second-order valence-corrected chi connectivity index (χ2v) is 4.94. The van der Waals surface area contributed by atoms with Crippen LogP contribution < -0.4 is 5.32 Å². The summed E-state index contributed by atoms with van der Waals surface area (Å²) in [6, 6.07) is 3.55. The van der Waals surface area contributed by atoms with Gasteiger partial charge in [-0.3, -0.25) is 10.1 Å². The number of hydrogen-bond donors (Lipinski definition) is 1. The molecule has 2 heterocycles. The van der Waals surface area contributed by atoms with E-state index in [9.17, 15) is 10.1 Å². The van der Waals surface area contributed by atoms with Crippen molar-refractivity contribution in [2.24, 2.45) is 0 Å². The molecule has 1 fully saturated rings. The number of pyridine rings is 1. The van der Waals surface area contributed by atoms with Crippen molar-refractivity contribution in [1.82, 2.24) is 9.88 Å². The normalized spacial score (nSPS) is 19.5. The molecule has 1 unspecified atom stereocenters. The minimum Gasteiger partial charge on any atom is -0.366 e. The Morgan fingerprint density at radius 2 is 2.42 bits per heavy atom. The van der Waals surface area contributed by atoms with Gasteiger partial charge in [0.1, 0.15) is 12.0 Å². The maximum Gasteiger partial charge on any atom is 0.287 e. The summed E-state index contributed by atoms with van der Waals surface area (Å²) < 4.78 is 0. The molecule has 1 atom stereocenters. The first kappa shape index (κ1) is 13.7. The summed E-state index contributed by atoms with van der Waals surface area (Å²) in [4.78, 5) is 16.6. The van der Waals surface area contributed by atoms with Crippen LogP contribution in [0.5, 0.6) is 0 Å². The predicted molar refractivity (Wildman–Crippen MR) is 74.3 cm³/mol. The van der Waals surface area contributed by atoms with Crippen LogP contribution in [0, 0.1) is 10.1 Å². The second-order valence-electron chi connectivity index (χ2n) is 4.94. The van der Waals surface area contributed by atoms with Crippen molar-refractivity contribution >= 4 is 11.5 Å². The third-order valence-corrected chi connectivity index (χ3v) is 3.41. The first-order valence-electron chi connectivity index (χ1n) is 6.78. The van der Waals surface area contributed by atoms with E-state index in [2.05, 4.69) is 22.1 Å². The molecule has 0 aliphatic carbocycles. The quantitative estimate of drug-likeness (QED) is 0.630. The highest BCUT2D eigenvalue weighted by molar-refractivity contribution is 5.41. The Hall–Kier alpha value is -1.69. The van der Waals surface area contributed by atoms with Crippen LogP contribution in [0.3, 0.4) is 0 Å². The molecule has 0 spiro atoms. The molecule has 104 valence electrons. The molecule has 0 saturated carbocycles. The lowest BCUT2D eigenvalue weighted by atomic mass is 10.2. The number of anilines is 1. The lowest BCUT2D eigenvalue weighted by Gasteiger charge is -2.16. The molecule has 1 aliphatic rings. The van der Waals surface area contributed by atoms with Gasteiger partial charge in [-0.05, 0) is 25.5 Å². The van der Waals surface area contributed by atoms with Gasteiger partial charge < -0.3 is 10.2 Å². The predicted octanol–water partition coefficient (Wildman–Crippen LogP) is 2.28. The minimum atomic E-state index is -0.432. The summed E-state index contributed by atoms with van der Waals surface area (Å²) in [6.07, 6.45) is 4.86. The lowest BCUT2D eigenvalue weighted by molar-refractivity contribution is -0.385. The minimum absolute atomic E-state index is 0.0292. The zero-order valence-electron chi connectivity index (χ0n) is 11.2. The van der Waals surface area contributed by atoms with Gasteiger partial charge in [-0.25, -0.2) is 4.98 Å². The first-order valence-corrected chi connectivity index (χ1v) is 6.78. The Labute approximate surface area is 113 Å². The number of aromatic nitrogens is 1. The molecule has 0 aromatic carbocycles. The Balaban J connectivity index is 1.83. The van der Waals surface area contributed by atoms with E-state index in [1.165, 1.54) is 25.1 Å². The lowest BCUT2D eigenvalue weighted by Crippen LogP contribution is -2.27. The fraction of sp³-hybridized carbons (Fsp3) is 0.615. The van der Waals surface area contributed by atoms with Crippen molar-refractivity contribution < 1.29 is 4.92 Å². The summed E-state index contributed by atoms with van der Waals surface area (Å²) in [5.74, 6) is 0.716. The van der Waals surface area contributed by atoms with Gasteiger partial charge in [0.15, 0.2) is 0 Å². The van der Waals surface area contributed by atoms with Crippen LogP contribution >= 0.6 is 0 Å². The zero-order valence-corrected chi connectivity index (χ0v) is 11.2. The van der Waals surface area contributed by atoms with Crippen molar-refractivity contribution in [1.29, 1.82) is 0 Å². The average Bonchev–Trinajstić information content (AvgIpc) is 2.84. The maximum absolute atomic E-state index is 10.5. The highest BCUT2D eigenvalue weighted by Gasteiger charge is 2.21. The van der Waals surface area contributed by atoms with Crippen LogP contribution in [0.1, 0.15) is 26.2 Å². The first-order chi connectivity index (χ1) is 9.19. The molecule has 1 saturated heterocycles. The van der Waals surface area contributed by atoms with Crippen LogP contribution in [0.25, 0.3) is 0 Å². The molecule has 0 radical (unpaired) electrons. The van der Waals surface area contributed by atoms with Gasteiger partial charge in [0.2, 0.25) is 0 Å². The van der Waals surface area contributed by atoms with E-state index in [-0.39, 0.29) is 5.69 Å². The highest BCUT2D eigenvalue weighted by Crippen LogP contribution is 2.17. The molecule has 1 aromatic heterocycles. The van der Waals surface area contributed by atoms with Crippen LogP contribution in [0.2, 0.25) is 0 Å². The van der Waals surface area contributed by atoms with E-state index in [1.807, 2.05) is 0 Å². The van der Waals surface area contributed by atoms with Gasteiger partial charge in [-0.2, -0.15) is 0 Å². The van der Waals surface area contributed by atoms with E-state index in [0.717, 1.165) is 26.1 Å². The largest absolute Gasteiger partial charge is 0.366 e. The van der Waals surface area contributed by atoms with Crippen molar-refractivity contribution in [2.45, 2.75) is 32.2 Å². The summed E-state index contributed by atoms with van der Waals surface area (Å²) in [5.41, 5.74) is 0.0292. The molecule has 6 heteroatoms. The van der Waals surface area contributed by atoms with Gasteiger partial charge in [0, 0.05) is 25.2 Å². The summed E-state index contributed by atoms with van der Waals surface area (Å²) in [6.45, 7) is 5.50. The van der Waals surface area contributed by atoms with Gasteiger partial charge in [-0.15, -0.1) is 0 Å². The topological polar surface area (TPSA) is 71.3 Å². The van der Waals surface area contributed by atoms with E-state index in [1.54, 1.807) is 6.07 Å². The molecule has 0 bridgehead atoms. The standard InChI is InChI=1S/C13H20N4O2/c1-2-3-7-16-8-6-11(10-16)15-13-5-4-12(9-14-13)17(18)19/h4-5,9,11H,2-3,6-8,10H2,1H3,(H,14,15). The number of nitrogens with zero attached hydrogens (tertiary/aromatic N) is 3. The van der Waals surface area contributed by atoms with E-state index < -0.39 is 4.92 Å². The third kappa shape index (κ3) is 3.89. The van der Waals surface area contributed by atoms with Crippen molar-refractivity contribution in [3.8, 4) is 0 Å². The number of hydrogen-bond acceptors (Lipinski definition) is 5. The Kier molecular flexibility index (Phi) is 4.68. The van der Waals surface area contributed by atoms with Crippen molar-refractivity contribution in [3.05, 3.63) is 28.4 Å². The fourth-order valence-corrected chi connectivity index (χ4v) is 2.32. The van der Waals surface area contributed by atoms with E-state index in [4.69, 9.17) is 0 Å².